The molecule has 3 heterocycles. The summed E-state index contributed by atoms with van der Waals surface area (Å²) in [5.41, 5.74) is 2.23. The van der Waals surface area contributed by atoms with Crippen molar-refractivity contribution in [2.24, 2.45) is 0 Å². The molecule has 7 nitrogen and oxygen atoms in total. The number of pyridine rings is 1. The fourth-order valence-electron chi connectivity index (χ4n) is 4.24. The van der Waals surface area contributed by atoms with Crippen LogP contribution < -0.4 is 5.56 Å². The summed E-state index contributed by atoms with van der Waals surface area (Å²) in [4.78, 5) is 15.7. The van der Waals surface area contributed by atoms with Crippen LogP contribution >= 0.6 is 0 Å². The Labute approximate surface area is 180 Å². The molecular formula is C22H27FN4O3S. The van der Waals surface area contributed by atoms with E-state index in [1.165, 1.54) is 16.6 Å². The van der Waals surface area contributed by atoms with E-state index >= 15 is 0 Å². The summed E-state index contributed by atoms with van der Waals surface area (Å²) in [6, 6.07) is 6.81. The first-order valence-electron chi connectivity index (χ1n) is 10.6. The molecule has 1 aliphatic heterocycles. The van der Waals surface area contributed by atoms with Gasteiger partial charge in [0.2, 0.25) is 10.0 Å². The summed E-state index contributed by atoms with van der Waals surface area (Å²) in [5, 5.41) is 4.20. The van der Waals surface area contributed by atoms with Crippen molar-refractivity contribution in [2.45, 2.75) is 51.3 Å². The highest BCUT2D eigenvalue weighted by molar-refractivity contribution is 7.89. The Bertz CT molecular complexity index is 1270. The first-order valence-corrected chi connectivity index (χ1v) is 12.1. The highest BCUT2D eigenvalue weighted by atomic mass is 32.2. The van der Waals surface area contributed by atoms with Crippen LogP contribution in [0, 0.1) is 5.82 Å². The second-order valence-corrected chi connectivity index (χ2v) is 10.8. The van der Waals surface area contributed by atoms with E-state index in [-0.39, 0.29) is 17.3 Å². The van der Waals surface area contributed by atoms with E-state index in [0.717, 1.165) is 0 Å². The number of aromatic amines is 1. The number of nitrogens with one attached hydrogen (secondary N) is 1. The molecule has 4 rings (SSSR count). The van der Waals surface area contributed by atoms with Crippen LogP contribution in [0.15, 0.2) is 35.3 Å². The molecule has 0 atom stereocenters. The zero-order chi connectivity index (χ0) is 22.3. The van der Waals surface area contributed by atoms with Gasteiger partial charge in [0.05, 0.1) is 22.3 Å². The predicted molar refractivity (Wildman–Crippen MR) is 119 cm³/mol. The van der Waals surface area contributed by atoms with Crippen molar-refractivity contribution in [2.75, 3.05) is 13.1 Å². The molecule has 1 aromatic carbocycles. The Balaban J connectivity index is 1.59. The number of aromatic nitrogens is 3. The molecule has 1 N–H and O–H groups in total. The minimum Gasteiger partial charge on any atom is -0.322 e. The highest BCUT2D eigenvalue weighted by Crippen LogP contribution is 2.30. The number of fused-ring (bicyclic) bond motifs is 1. The van der Waals surface area contributed by atoms with Gasteiger partial charge in [-0.1, -0.05) is 6.07 Å². The molecule has 9 heteroatoms. The molecule has 1 saturated heterocycles. The molecular weight excluding hydrogens is 419 g/mol. The second-order valence-electron chi connectivity index (χ2n) is 8.27. The molecule has 1 aliphatic rings. The van der Waals surface area contributed by atoms with Crippen LogP contribution in [0.2, 0.25) is 0 Å². The average molecular weight is 447 g/mol. The van der Waals surface area contributed by atoms with E-state index in [4.69, 9.17) is 0 Å². The fourth-order valence-corrected chi connectivity index (χ4v) is 5.55. The lowest BCUT2D eigenvalue weighted by Crippen LogP contribution is -2.42. The van der Waals surface area contributed by atoms with Crippen molar-refractivity contribution in [3.05, 3.63) is 52.2 Å². The molecule has 0 aliphatic carbocycles. The fraction of sp³-hybridized carbons (Fsp3) is 0.455. The van der Waals surface area contributed by atoms with Crippen molar-refractivity contribution in [3.8, 4) is 11.3 Å². The molecule has 0 amide bonds. The second kappa shape index (κ2) is 8.20. The Hall–Kier alpha value is -2.52. The first-order chi connectivity index (χ1) is 14.7. The molecule has 2 aromatic heterocycles. The molecule has 0 saturated carbocycles. The van der Waals surface area contributed by atoms with Crippen LogP contribution in [0.1, 0.15) is 45.1 Å². The van der Waals surface area contributed by atoms with Gasteiger partial charge in [-0.2, -0.15) is 5.10 Å². The van der Waals surface area contributed by atoms with Crippen LogP contribution in [-0.2, 0) is 16.6 Å². The number of aryl methyl sites for hydroxylation is 1. The largest absolute Gasteiger partial charge is 0.322 e. The third kappa shape index (κ3) is 3.92. The summed E-state index contributed by atoms with van der Waals surface area (Å²) in [6.45, 7) is 6.74. The molecule has 0 bridgehead atoms. The number of sulfonamides is 1. The number of halogens is 1. The van der Waals surface area contributed by atoms with Crippen LogP contribution in [0.5, 0.6) is 0 Å². The average Bonchev–Trinajstić information content (AvgIpc) is 3.17. The van der Waals surface area contributed by atoms with Crippen LogP contribution in [0.4, 0.5) is 4.39 Å². The zero-order valence-electron chi connectivity index (χ0n) is 17.9. The van der Waals surface area contributed by atoms with E-state index in [1.54, 1.807) is 30.7 Å². The monoisotopic (exact) mass is 446 g/mol. The number of benzene rings is 1. The van der Waals surface area contributed by atoms with Gasteiger partial charge in [-0.05, 0) is 57.7 Å². The Morgan fingerprint density at radius 3 is 2.55 bits per heavy atom. The van der Waals surface area contributed by atoms with Crippen LogP contribution in [0.25, 0.3) is 22.2 Å². The number of nitrogens with zero attached hydrogens (tertiary/aromatic N) is 3. The van der Waals surface area contributed by atoms with Crippen molar-refractivity contribution in [1.82, 2.24) is 19.1 Å². The number of H-pyrrole nitrogens is 1. The van der Waals surface area contributed by atoms with Gasteiger partial charge in [-0.15, -0.1) is 0 Å². The topological polar surface area (TPSA) is 88.1 Å². The van der Waals surface area contributed by atoms with Gasteiger partial charge in [-0.3, -0.25) is 9.48 Å². The summed E-state index contributed by atoms with van der Waals surface area (Å²) >= 11 is 0. The lowest BCUT2D eigenvalue weighted by Gasteiger charge is -2.32. The number of hydrogen-bond acceptors (Lipinski definition) is 4. The summed E-state index contributed by atoms with van der Waals surface area (Å²) in [6.07, 6.45) is 2.71. The van der Waals surface area contributed by atoms with Gasteiger partial charge in [-0.25, -0.2) is 17.1 Å². The summed E-state index contributed by atoms with van der Waals surface area (Å²) in [5.74, 6) is -0.381. The van der Waals surface area contributed by atoms with E-state index in [1.807, 2.05) is 13.0 Å². The van der Waals surface area contributed by atoms with Crippen LogP contribution in [-0.4, -0.2) is 45.8 Å². The molecule has 166 valence electrons. The quantitative estimate of drug-likeness (QED) is 0.650. The van der Waals surface area contributed by atoms with Crippen molar-refractivity contribution in [1.29, 1.82) is 0 Å². The van der Waals surface area contributed by atoms with Crippen LogP contribution in [0.3, 0.4) is 0 Å². The molecule has 31 heavy (non-hydrogen) atoms. The van der Waals surface area contributed by atoms with Crippen molar-refractivity contribution in [3.63, 3.8) is 0 Å². The first kappa shape index (κ1) is 21.7. The van der Waals surface area contributed by atoms with Gasteiger partial charge >= 0.3 is 0 Å². The van der Waals surface area contributed by atoms with E-state index < -0.39 is 15.3 Å². The molecule has 0 radical (unpaired) electrons. The normalized spacial score (nSPS) is 16.4. The Kier molecular flexibility index (Phi) is 5.74. The summed E-state index contributed by atoms with van der Waals surface area (Å²) < 4.78 is 42.5. The highest BCUT2D eigenvalue weighted by Gasteiger charge is 2.31. The zero-order valence-corrected chi connectivity index (χ0v) is 18.7. The van der Waals surface area contributed by atoms with Gasteiger partial charge in [0.15, 0.2) is 0 Å². The van der Waals surface area contributed by atoms with Gasteiger partial charge in [0.1, 0.15) is 5.82 Å². The molecule has 0 unspecified atom stereocenters. The smallest absolute Gasteiger partial charge is 0.251 e. The minimum atomic E-state index is -3.28. The van der Waals surface area contributed by atoms with Crippen molar-refractivity contribution >= 4 is 20.9 Å². The van der Waals surface area contributed by atoms with E-state index in [0.29, 0.717) is 60.2 Å². The maximum absolute atomic E-state index is 14.5. The SMILES string of the molecule is CCn1ncc2c(F)cc(-c3ccc(C4CCN(S(=O)(=O)C(C)C)CC4)c(=O)[nH]3)cc21. The lowest BCUT2D eigenvalue weighted by atomic mass is 9.91. The Morgan fingerprint density at radius 2 is 1.94 bits per heavy atom. The van der Waals surface area contributed by atoms with Gasteiger partial charge < -0.3 is 4.98 Å². The number of rotatable bonds is 5. The number of hydrogen-bond donors (Lipinski definition) is 1. The van der Waals surface area contributed by atoms with E-state index in [9.17, 15) is 17.6 Å². The molecule has 1 fully saturated rings. The standard InChI is InChI=1S/C22H27FN4O3S/c1-4-27-21-12-16(11-19(23)18(21)13-24-27)20-6-5-17(22(28)25-20)15-7-9-26(10-8-15)31(29,30)14(2)3/h5-6,11-15H,4,7-10H2,1-3H3,(H,25,28). The van der Waals surface area contributed by atoms with E-state index in [2.05, 4.69) is 10.1 Å². The predicted octanol–water partition coefficient (Wildman–Crippen LogP) is 3.47. The molecule has 0 spiro atoms. The maximum Gasteiger partial charge on any atom is 0.251 e. The third-order valence-electron chi connectivity index (χ3n) is 6.11. The third-order valence-corrected chi connectivity index (χ3v) is 8.39. The van der Waals surface area contributed by atoms with Gasteiger partial charge in [0, 0.05) is 36.5 Å². The summed E-state index contributed by atoms with van der Waals surface area (Å²) in [7, 11) is -3.28. The Morgan fingerprint density at radius 1 is 1.23 bits per heavy atom. The van der Waals surface area contributed by atoms with Crippen molar-refractivity contribution < 1.29 is 12.8 Å². The minimum absolute atomic E-state index is 0.00264. The molecule has 3 aromatic rings. The lowest BCUT2D eigenvalue weighted by molar-refractivity contribution is 0.316. The van der Waals surface area contributed by atoms with Gasteiger partial charge in [0.25, 0.3) is 5.56 Å². The number of piperidine rings is 1. The maximum atomic E-state index is 14.5.